The highest BCUT2D eigenvalue weighted by atomic mass is 127. The molecular weight excluding hydrogens is 386 g/mol. The van der Waals surface area contributed by atoms with Crippen molar-refractivity contribution >= 4 is 34.4 Å². The molecule has 4 nitrogen and oxygen atoms in total. The first-order valence-electron chi connectivity index (χ1n) is 6.43. The van der Waals surface area contributed by atoms with Gasteiger partial charge in [-0.2, -0.15) is 0 Å². The highest BCUT2D eigenvalue weighted by molar-refractivity contribution is 14.1. The minimum absolute atomic E-state index is 0.138. The zero-order chi connectivity index (χ0) is 14.8. The Labute approximate surface area is 135 Å². The Hall–Kier alpha value is -1.70. The van der Waals surface area contributed by atoms with E-state index >= 15 is 0 Å². The molecule has 1 aromatic carbocycles. The smallest absolute Gasteiger partial charge is 0.414 e. The average Bonchev–Trinajstić information content (AvgIpc) is 2.89. The van der Waals surface area contributed by atoms with Crippen LogP contribution in [0, 0.1) is 5.82 Å². The van der Waals surface area contributed by atoms with E-state index in [2.05, 4.69) is 27.6 Å². The molecule has 21 heavy (non-hydrogen) atoms. The number of cyclic esters (lactones) is 1. The zero-order valence-electron chi connectivity index (χ0n) is 11.0. The van der Waals surface area contributed by atoms with E-state index in [0.717, 1.165) is 9.99 Å². The van der Waals surface area contributed by atoms with E-state index in [0.29, 0.717) is 17.8 Å². The van der Waals surface area contributed by atoms with E-state index in [1.54, 1.807) is 36.7 Å². The molecule has 0 spiro atoms. The van der Waals surface area contributed by atoms with Crippen molar-refractivity contribution in [1.82, 2.24) is 4.98 Å². The first-order chi connectivity index (χ1) is 10.2. The van der Waals surface area contributed by atoms with Crippen molar-refractivity contribution in [2.45, 2.75) is 6.10 Å². The van der Waals surface area contributed by atoms with Gasteiger partial charge in [-0.25, -0.2) is 9.18 Å². The normalized spacial score (nSPS) is 17.9. The van der Waals surface area contributed by atoms with Gasteiger partial charge in [0.05, 0.1) is 12.2 Å². The number of nitrogens with zero attached hydrogens (tertiary/aromatic N) is 2. The Morgan fingerprint density at radius 1 is 1.33 bits per heavy atom. The summed E-state index contributed by atoms with van der Waals surface area (Å²) in [6.45, 7) is 0.454. The van der Waals surface area contributed by atoms with Gasteiger partial charge in [0.15, 0.2) is 0 Å². The Balaban J connectivity index is 1.90. The van der Waals surface area contributed by atoms with E-state index in [4.69, 9.17) is 4.74 Å². The molecule has 0 aliphatic carbocycles. The van der Waals surface area contributed by atoms with Crippen molar-refractivity contribution in [2.75, 3.05) is 15.9 Å². The number of hydrogen-bond donors (Lipinski definition) is 0. The number of ether oxygens (including phenoxy) is 1. The number of pyridine rings is 1. The summed E-state index contributed by atoms with van der Waals surface area (Å²) in [4.78, 5) is 17.2. The Kier molecular flexibility index (Phi) is 4.05. The molecule has 6 heteroatoms. The van der Waals surface area contributed by atoms with Crippen LogP contribution >= 0.6 is 22.6 Å². The quantitative estimate of drug-likeness (QED) is 0.586. The maximum atomic E-state index is 14.3. The summed E-state index contributed by atoms with van der Waals surface area (Å²) < 4.78 is 20.2. The van der Waals surface area contributed by atoms with Crippen molar-refractivity contribution < 1.29 is 13.9 Å². The van der Waals surface area contributed by atoms with Crippen LogP contribution in [-0.2, 0) is 4.74 Å². The number of alkyl halides is 1. The number of benzene rings is 1. The van der Waals surface area contributed by atoms with Crippen LogP contribution in [-0.4, -0.2) is 28.2 Å². The third kappa shape index (κ3) is 2.85. The zero-order valence-corrected chi connectivity index (χ0v) is 13.2. The predicted octanol–water partition coefficient (Wildman–Crippen LogP) is 3.65. The first kappa shape index (κ1) is 14.2. The minimum Gasteiger partial charge on any atom is -0.443 e. The van der Waals surface area contributed by atoms with Gasteiger partial charge in [-0.3, -0.25) is 9.88 Å². The van der Waals surface area contributed by atoms with Crippen LogP contribution in [0.1, 0.15) is 0 Å². The number of anilines is 1. The summed E-state index contributed by atoms with van der Waals surface area (Å²) in [5, 5.41) is 0. The van der Waals surface area contributed by atoms with Crippen LogP contribution in [0.15, 0.2) is 42.7 Å². The topological polar surface area (TPSA) is 42.4 Å². The summed E-state index contributed by atoms with van der Waals surface area (Å²) in [5.41, 5.74) is 1.75. The molecule has 1 aromatic heterocycles. The third-order valence-corrected chi connectivity index (χ3v) is 4.28. The van der Waals surface area contributed by atoms with Gasteiger partial charge < -0.3 is 4.74 Å². The largest absolute Gasteiger partial charge is 0.443 e. The second-order valence-electron chi connectivity index (χ2n) is 4.67. The van der Waals surface area contributed by atoms with Gasteiger partial charge in [0, 0.05) is 22.4 Å². The SMILES string of the molecule is O=C1OC(CI)CN1c1ccc(-c2ccncc2)c(F)c1. The van der Waals surface area contributed by atoms with Gasteiger partial charge in [-0.1, -0.05) is 22.6 Å². The summed E-state index contributed by atoms with van der Waals surface area (Å²) in [6.07, 6.45) is 2.67. The van der Waals surface area contributed by atoms with Gasteiger partial charge in [0.25, 0.3) is 0 Å². The Bertz CT molecular complexity index is 666. The lowest BCUT2D eigenvalue weighted by Crippen LogP contribution is -2.24. The summed E-state index contributed by atoms with van der Waals surface area (Å²) >= 11 is 2.16. The number of carbonyl (C=O) groups excluding carboxylic acids is 1. The molecular formula is C15H12FIN2O2. The highest BCUT2D eigenvalue weighted by Crippen LogP contribution is 2.28. The number of aromatic nitrogens is 1. The number of halogens is 2. The molecule has 1 fully saturated rings. The van der Waals surface area contributed by atoms with E-state index < -0.39 is 6.09 Å². The molecule has 1 amide bonds. The molecule has 2 heterocycles. The first-order valence-corrected chi connectivity index (χ1v) is 7.95. The van der Waals surface area contributed by atoms with Crippen molar-refractivity contribution in [3.8, 4) is 11.1 Å². The van der Waals surface area contributed by atoms with Crippen LogP contribution in [0.4, 0.5) is 14.9 Å². The van der Waals surface area contributed by atoms with Gasteiger partial charge in [0.1, 0.15) is 11.9 Å². The van der Waals surface area contributed by atoms with Crippen molar-refractivity contribution in [3.05, 3.63) is 48.5 Å². The molecule has 1 aliphatic heterocycles. The second kappa shape index (κ2) is 5.97. The lowest BCUT2D eigenvalue weighted by Gasteiger charge is -2.14. The molecule has 0 saturated carbocycles. The lowest BCUT2D eigenvalue weighted by atomic mass is 10.1. The molecule has 3 rings (SSSR count). The van der Waals surface area contributed by atoms with Gasteiger partial charge in [-0.05, 0) is 35.9 Å². The fourth-order valence-corrected chi connectivity index (χ4v) is 2.71. The number of amides is 1. The molecule has 0 bridgehead atoms. The van der Waals surface area contributed by atoms with Crippen molar-refractivity contribution in [3.63, 3.8) is 0 Å². The molecule has 1 atom stereocenters. The average molecular weight is 398 g/mol. The maximum absolute atomic E-state index is 14.3. The van der Waals surface area contributed by atoms with Crippen LogP contribution in [0.25, 0.3) is 11.1 Å². The Morgan fingerprint density at radius 3 is 2.71 bits per heavy atom. The maximum Gasteiger partial charge on any atom is 0.414 e. The van der Waals surface area contributed by atoms with Gasteiger partial charge in [-0.15, -0.1) is 0 Å². The number of carbonyl (C=O) groups is 1. The van der Waals surface area contributed by atoms with E-state index in [-0.39, 0.29) is 11.9 Å². The summed E-state index contributed by atoms with van der Waals surface area (Å²) in [6, 6.07) is 8.26. The summed E-state index contributed by atoms with van der Waals surface area (Å²) in [7, 11) is 0. The standard InChI is InChI=1S/C15H12FIN2O2/c16-14-7-11(19-9-12(8-17)21-15(19)20)1-2-13(14)10-3-5-18-6-4-10/h1-7,12H,8-9H2. The van der Waals surface area contributed by atoms with Crippen molar-refractivity contribution in [1.29, 1.82) is 0 Å². The lowest BCUT2D eigenvalue weighted by molar-refractivity contribution is 0.153. The van der Waals surface area contributed by atoms with Gasteiger partial charge >= 0.3 is 6.09 Å². The molecule has 0 N–H and O–H groups in total. The summed E-state index contributed by atoms with van der Waals surface area (Å²) in [5.74, 6) is -0.371. The van der Waals surface area contributed by atoms with Crippen LogP contribution in [0.2, 0.25) is 0 Å². The van der Waals surface area contributed by atoms with Gasteiger partial charge in [0.2, 0.25) is 0 Å². The fraction of sp³-hybridized carbons (Fsp3) is 0.200. The van der Waals surface area contributed by atoms with Crippen LogP contribution in [0.5, 0.6) is 0 Å². The molecule has 1 saturated heterocycles. The predicted molar refractivity (Wildman–Crippen MR) is 86.1 cm³/mol. The third-order valence-electron chi connectivity index (χ3n) is 3.30. The van der Waals surface area contributed by atoms with E-state index in [1.807, 2.05) is 0 Å². The molecule has 2 aromatic rings. The second-order valence-corrected chi connectivity index (χ2v) is 5.55. The number of hydrogen-bond acceptors (Lipinski definition) is 3. The molecule has 108 valence electrons. The molecule has 1 unspecified atom stereocenters. The van der Waals surface area contributed by atoms with E-state index in [9.17, 15) is 9.18 Å². The molecule has 1 aliphatic rings. The minimum atomic E-state index is -0.423. The monoisotopic (exact) mass is 398 g/mol. The number of rotatable bonds is 3. The van der Waals surface area contributed by atoms with Crippen LogP contribution < -0.4 is 4.90 Å². The molecule has 0 radical (unpaired) electrons. The highest BCUT2D eigenvalue weighted by Gasteiger charge is 2.31. The fourth-order valence-electron chi connectivity index (χ4n) is 2.25. The van der Waals surface area contributed by atoms with Crippen molar-refractivity contribution in [2.24, 2.45) is 0 Å². The van der Waals surface area contributed by atoms with Crippen LogP contribution in [0.3, 0.4) is 0 Å². The Morgan fingerprint density at radius 2 is 2.10 bits per heavy atom. The van der Waals surface area contributed by atoms with E-state index in [1.165, 1.54) is 11.0 Å².